The molecule has 0 saturated carbocycles. The van der Waals surface area contributed by atoms with Crippen LogP contribution in [-0.2, 0) is 4.79 Å². The summed E-state index contributed by atoms with van der Waals surface area (Å²) in [5.41, 5.74) is 3.77. The Morgan fingerprint density at radius 1 is 1.00 bits per heavy atom. The van der Waals surface area contributed by atoms with E-state index in [1.54, 1.807) is 6.07 Å². The van der Waals surface area contributed by atoms with Gasteiger partial charge < -0.3 is 15.6 Å². The van der Waals surface area contributed by atoms with Gasteiger partial charge in [-0.1, -0.05) is 48.0 Å². The van der Waals surface area contributed by atoms with Crippen LogP contribution in [0.3, 0.4) is 0 Å². The minimum absolute atomic E-state index is 0.0494. The summed E-state index contributed by atoms with van der Waals surface area (Å²) in [6.07, 6.45) is 2.91. The number of aromatic amines is 1. The van der Waals surface area contributed by atoms with Crippen LogP contribution in [0.2, 0.25) is 5.02 Å². The third-order valence-corrected chi connectivity index (χ3v) is 6.46. The molecule has 0 fully saturated rings. The lowest BCUT2D eigenvalue weighted by atomic mass is 9.90. The number of rotatable bonds is 9. The molecule has 0 aliphatic carbocycles. The van der Waals surface area contributed by atoms with Gasteiger partial charge in [-0.15, -0.1) is 0 Å². The molecule has 0 spiro atoms. The number of nitrogens with one attached hydrogen (secondary N) is 3. The molecule has 0 radical (unpaired) electrons. The van der Waals surface area contributed by atoms with Gasteiger partial charge in [-0.2, -0.15) is 11.3 Å². The van der Waals surface area contributed by atoms with E-state index in [4.69, 9.17) is 11.6 Å². The maximum atomic E-state index is 12.5. The van der Waals surface area contributed by atoms with Gasteiger partial charge in [-0.25, -0.2) is 0 Å². The first-order valence-corrected chi connectivity index (χ1v) is 11.8. The number of aromatic nitrogens is 1. The molecule has 0 saturated heterocycles. The number of para-hydroxylation sites is 1. The number of benzene rings is 2. The minimum atomic E-state index is -0.107. The average molecular weight is 466 g/mol. The smallest absolute Gasteiger partial charge is 0.252 e. The Morgan fingerprint density at radius 2 is 1.81 bits per heavy atom. The monoisotopic (exact) mass is 465 g/mol. The fourth-order valence-electron chi connectivity index (χ4n) is 3.78. The highest BCUT2D eigenvalue weighted by Crippen LogP contribution is 2.34. The Labute approximate surface area is 195 Å². The second-order valence-corrected chi connectivity index (χ2v) is 8.73. The van der Waals surface area contributed by atoms with Gasteiger partial charge in [0.05, 0.1) is 0 Å². The molecule has 2 amide bonds. The van der Waals surface area contributed by atoms with Crippen LogP contribution in [0.15, 0.2) is 71.6 Å². The summed E-state index contributed by atoms with van der Waals surface area (Å²) in [6, 6.07) is 17.6. The molecule has 4 rings (SSSR count). The molecule has 32 heavy (non-hydrogen) atoms. The molecule has 164 valence electrons. The van der Waals surface area contributed by atoms with Crippen molar-refractivity contribution in [2.45, 2.75) is 18.8 Å². The van der Waals surface area contributed by atoms with Crippen molar-refractivity contribution in [3.05, 3.63) is 93.3 Å². The van der Waals surface area contributed by atoms with Gasteiger partial charge in [-0.05, 0) is 41.1 Å². The number of carbonyl (C=O) groups excluding carboxylic acids is 2. The topological polar surface area (TPSA) is 74.0 Å². The van der Waals surface area contributed by atoms with Gasteiger partial charge in [0, 0.05) is 58.5 Å². The lowest BCUT2D eigenvalue weighted by Crippen LogP contribution is -2.30. The summed E-state index contributed by atoms with van der Waals surface area (Å²) >= 11 is 8.00. The fraction of sp³-hybridized carbons (Fsp3) is 0.200. The largest absolute Gasteiger partial charge is 0.361 e. The Balaban J connectivity index is 1.38. The van der Waals surface area contributed by atoms with Crippen LogP contribution in [0, 0.1) is 0 Å². The summed E-state index contributed by atoms with van der Waals surface area (Å²) in [5, 5.41) is 11.4. The van der Waals surface area contributed by atoms with E-state index in [0.717, 1.165) is 22.0 Å². The highest BCUT2D eigenvalue weighted by Gasteiger charge is 2.21. The summed E-state index contributed by atoms with van der Waals surface area (Å²) in [4.78, 5) is 27.8. The van der Waals surface area contributed by atoms with E-state index in [1.165, 1.54) is 11.3 Å². The standard InChI is InChI=1S/C25H24ClN3O2S/c26-22-8-3-1-6-18(22)20(21-14-28-23-9-4-2-7-19(21)23)15-29-24(30)10-5-12-27-25(31)17-11-13-32-16-17/h1-4,6-9,11,13-14,16,20,28H,5,10,12,15H2,(H,27,31)(H,29,30). The van der Waals surface area contributed by atoms with Crippen LogP contribution in [0.4, 0.5) is 0 Å². The number of thiophene rings is 1. The molecule has 0 aliphatic rings. The van der Waals surface area contributed by atoms with Crippen LogP contribution >= 0.6 is 22.9 Å². The minimum Gasteiger partial charge on any atom is -0.361 e. The number of halogens is 1. The SMILES string of the molecule is O=C(CCCNC(=O)c1ccsc1)NCC(c1ccccc1Cl)c1c[nH]c2ccccc12. The van der Waals surface area contributed by atoms with E-state index < -0.39 is 0 Å². The van der Waals surface area contributed by atoms with Crippen molar-refractivity contribution in [1.82, 2.24) is 15.6 Å². The van der Waals surface area contributed by atoms with Gasteiger partial charge in [0.2, 0.25) is 5.91 Å². The van der Waals surface area contributed by atoms with Crippen molar-refractivity contribution in [1.29, 1.82) is 0 Å². The van der Waals surface area contributed by atoms with Gasteiger partial charge in [0.15, 0.2) is 0 Å². The normalized spacial score (nSPS) is 11.9. The predicted molar refractivity (Wildman–Crippen MR) is 130 cm³/mol. The Kier molecular flexibility index (Phi) is 7.24. The molecule has 2 aromatic carbocycles. The Bertz CT molecular complexity index is 1200. The molecule has 7 heteroatoms. The van der Waals surface area contributed by atoms with Crippen molar-refractivity contribution in [2.75, 3.05) is 13.1 Å². The highest BCUT2D eigenvalue weighted by atomic mass is 35.5. The zero-order valence-electron chi connectivity index (χ0n) is 17.4. The lowest BCUT2D eigenvalue weighted by Gasteiger charge is -2.19. The maximum absolute atomic E-state index is 12.5. The molecule has 3 N–H and O–H groups in total. The summed E-state index contributed by atoms with van der Waals surface area (Å²) in [6.45, 7) is 0.893. The van der Waals surface area contributed by atoms with Crippen LogP contribution in [0.5, 0.6) is 0 Å². The summed E-state index contributed by atoms with van der Waals surface area (Å²) < 4.78 is 0. The molecule has 0 bridgehead atoms. The van der Waals surface area contributed by atoms with Gasteiger partial charge in [-0.3, -0.25) is 9.59 Å². The van der Waals surface area contributed by atoms with E-state index in [2.05, 4.69) is 21.7 Å². The summed E-state index contributed by atoms with van der Waals surface area (Å²) in [5.74, 6) is -0.237. The lowest BCUT2D eigenvalue weighted by molar-refractivity contribution is -0.121. The van der Waals surface area contributed by atoms with E-state index in [0.29, 0.717) is 36.5 Å². The highest BCUT2D eigenvalue weighted by molar-refractivity contribution is 7.08. The van der Waals surface area contributed by atoms with Crippen LogP contribution in [0.25, 0.3) is 10.9 Å². The number of carbonyl (C=O) groups is 2. The molecule has 2 heterocycles. The predicted octanol–water partition coefficient (Wildman–Crippen LogP) is 5.34. The number of hydrogen-bond donors (Lipinski definition) is 3. The van der Waals surface area contributed by atoms with Crippen molar-refractivity contribution in [3.8, 4) is 0 Å². The number of H-pyrrole nitrogens is 1. The van der Waals surface area contributed by atoms with E-state index >= 15 is 0 Å². The van der Waals surface area contributed by atoms with Crippen LogP contribution < -0.4 is 10.6 Å². The number of fused-ring (bicyclic) bond motifs is 1. The molecular weight excluding hydrogens is 442 g/mol. The Hall–Kier alpha value is -3.09. The van der Waals surface area contributed by atoms with Crippen LogP contribution in [-0.4, -0.2) is 29.9 Å². The zero-order valence-corrected chi connectivity index (χ0v) is 19.0. The van der Waals surface area contributed by atoms with Gasteiger partial charge in [0.1, 0.15) is 0 Å². The van der Waals surface area contributed by atoms with Crippen LogP contribution in [0.1, 0.15) is 40.2 Å². The van der Waals surface area contributed by atoms with Crippen molar-refractivity contribution in [2.24, 2.45) is 0 Å². The average Bonchev–Trinajstić information content (AvgIpc) is 3.49. The molecule has 2 aromatic heterocycles. The molecule has 1 unspecified atom stereocenters. The zero-order chi connectivity index (χ0) is 22.3. The Morgan fingerprint density at radius 3 is 2.62 bits per heavy atom. The quantitative estimate of drug-likeness (QED) is 0.292. The van der Waals surface area contributed by atoms with Crippen molar-refractivity contribution in [3.63, 3.8) is 0 Å². The fourth-order valence-corrected chi connectivity index (χ4v) is 4.68. The molecular formula is C25H24ClN3O2S. The third-order valence-electron chi connectivity index (χ3n) is 5.43. The molecule has 5 nitrogen and oxygen atoms in total. The van der Waals surface area contributed by atoms with Crippen molar-refractivity contribution < 1.29 is 9.59 Å². The maximum Gasteiger partial charge on any atom is 0.252 e. The van der Waals surface area contributed by atoms with E-state index in [1.807, 2.05) is 59.4 Å². The second-order valence-electron chi connectivity index (χ2n) is 7.54. The summed E-state index contributed by atoms with van der Waals surface area (Å²) in [7, 11) is 0. The van der Waals surface area contributed by atoms with E-state index in [-0.39, 0.29) is 17.7 Å². The first-order valence-electron chi connectivity index (χ1n) is 10.5. The number of hydrogen-bond acceptors (Lipinski definition) is 3. The molecule has 4 aromatic rings. The molecule has 0 aliphatic heterocycles. The van der Waals surface area contributed by atoms with E-state index in [9.17, 15) is 9.59 Å². The number of amides is 2. The third kappa shape index (κ3) is 5.21. The van der Waals surface area contributed by atoms with Gasteiger partial charge >= 0.3 is 0 Å². The van der Waals surface area contributed by atoms with Gasteiger partial charge in [0.25, 0.3) is 5.91 Å². The first-order chi connectivity index (χ1) is 15.6. The first kappa shape index (κ1) is 22.1. The molecule has 1 atom stereocenters. The second kappa shape index (κ2) is 10.5. The van der Waals surface area contributed by atoms with Crippen molar-refractivity contribution >= 4 is 45.7 Å².